The van der Waals surface area contributed by atoms with E-state index in [1.54, 1.807) is 4.90 Å². The minimum Gasteiger partial charge on any atom is -0.444 e. The van der Waals surface area contributed by atoms with E-state index in [4.69, 9.17) is 9.72 Å². The van der Waals surface area contributed by atoms with Gasteiger partial charge in [-0.15, -0.1) is 0 Å². The molecule has 1 aliphatic rings. The van der Waals surface area contributed by atoms with Gasteiger partial charge in [0.1, 0.15) is 5.60 Å². The molecule has 5 rings (SSSR count). The maximum Gasteiger partial charge on any atom is 0.407 e. The number of aryl methyl sites for hydroxylation is 1. The highest BCUT2D eigenvalue weighted by Crippen LogP contribution is 2.27. The molecule has 0 bridgehead atoms. The van der Waals surface area contributed by atoms with E-state index in [1.807, 2.05) is 68.8 Å². The molecule has 182 valence electrons. The van der Waals surface area contributed by atoms with Crippen LogP contribution in [0.2, 0.25) is 0 Å². The Morgan fingerprint density at radius 3 is 2.71 bits per heavy atom. The highest BCUT2D eigenvalue weighted by atomic mass is 16.6. The van der Waals surface area contributed by atoms with Crippen LogP contribution >= 0.6 is 0 Å². The Morgan fingerprint density at radius 2 is 1.94 bits per heavy atom. The Labute approximate surface area is 204 Å². The lowest BCUT2D eigenvalue weighted by molar-refractivity contribution is 0.0452. The Bertz CT molecular complexity index is 1380. The van der Waals surface area contributed by atoms with Crippen LogP contribution in [0.25, 0.3) is 33.5 Å². The highest BCUT2D eigenvalue weighted by molar-refractivity contribution is 5.98. The summed E-state index contributed by atoms with van der Waals surface area (Å²) in [5.41, 5.74) is 3.76. The van der Waals surface area contributed by atoms with Crippen LogP contribution < -0.4 is 5.32 Å². The Morgan fingerprint density at radius 1 is 1.14 bits per heavy atom. The summed E-state index contributed by atoms with van der Waals surface area (Å²) in [4.78, 5) is 35.6. The molecule has 3 heterocycles. The van der Waals surface area contributed by atoms with Gasteiger partial charge in [0.15, 0.2) is 5.82 Å². The second-order valence-electron chi connectivity index (χ2n) is 10.2. The summed E-state index contributed by atoms with van der Waals surface area (Å²) < 4.78 is 7.41. The molecular weight excluding hydrogens is 442 g/mol. The number of fused-ring (bicyclic) bond motifs is 2. The van der Waals surface area contributed by atoms with Gasteiger partial charge in [-0.1, -0.05) is 18.2 Å². The number of piperidine rings is 1. The number of hydrogen-bond acceptors (Lipinski definition) is 4. The monoisotopic (exact) mass is 473 g/mol. The lowest BCUT2D eigenvalue weighted by Crippen LogP contribution is -2.50. The molecule has 0 aliphatic carbocycles. The lowest BCUT2D eigenvalue weighted by Gasteiger charge is -2.33. The van der Waals surface area contributed by atoms with E-state index in [1.165, 1.54) is 0 Å². The zero-order valence-corrected chi connectivity index (χ0v) is 20.6. The second-order valence-corrected chi connectivity index (χ2v) is 10.2. The molecule has 1 aliphatic heterocycles. The van der Waals surface area contributed by atoms with E-state index in [-0.39, 0.29) is 11.9 Å². The van der Waals surface area contributed by atoms with Crippen molar-refractivity contribution in [1.29, 1.82) is 0 Å². The van der Waals surface area contributed by atoms with Crippen LogP contribution in [-0.4, -0.2) is 56.2 Å². The van der Waals surface area contributed by atoms with Gasteiger partial charge in [0.25, 0.3) is 5.91 Å². The third-order valence-electron chi connectivity index (χ3n) is 6.33. The van der Waals surface area contributed by atoms with Gasteiger partial charge in [-0.2, -0.15) is 0 Å². The second kappa shape index (κ2) is 8.76. The molecule has 0 spiro atoms. The number of H-pyrrole nitrogens is 1. The molecule has 4 aromatic rings. The number of carbonyl (C=O) groups is 2. The number of nitrogens with zero attached hydrogens (tertiary/aromatic N) is 3. The van der Waals surface area contributed by atoms with Crippen LogP contribution in [0.15, 0.2) is 48.5 Å². The van der Waals surface area contributed by atoms with Crippen molar-refractivity contribution in [2.45, 2.75) is 45.3 Å². The van der Waals surface area contributed by atoms with Gasteiger partial charge in [0, 0.05) is 42.6 Å². The smallest absolute Gasteiger partial charge is 0.407 e. The zero-order valence-electron chi connectivity index (χ0n) is 20.6. The van der Waals surface area contributed by atoms with Crippen LogP contribution in [0.4, 0.5) is 4.79 Å². The third-order valence-corrected chi connectivity index (χ3v) is 6.33. The molecule has 0 unspecified atom stereocenters. The summed E-state index contributed by atoms with van der Waals surface area (Å²) in [7, 11) is 1.98. The molecule has 2 amide bonds. The minimum atomic E-state index is -0.557. The molecular formula is C27H31N5O3. The average molecular weight is 474 g/mol. The first-order chi connectivity index (χ1) is 16.7. The molecule has 2 aromatic heterocycles. The van der Waals surface area contributed by atoms with Gasteiger partial charge < -0.3 is 24.5 Å². The number of benzene rings is 2. The van der Waals surface area contributed by atoms with E-state index in [0.717, 1.165) is 46.3 Å². The molecule has 8 nitrogen and oxygen atoms in total. The quantitative estimate of drug-likeness (QED) is 0.445. The number of hydrogen-bond donors (Lipinski definition) is 2. The van der Waals surface area contributed by atoms with Crippen molar-refractivity contribution < 1.29 is 14.3 Å². The van der Waals surface area contributed by atoms with Crippen LogP contribution in [0.1, 0.15) is 44.0 Å². The number of ether oxygens (including phenoxy) is 1. The van der Waals surface area contributed by atoms with E-state index < -0.39 is 11.7 Å². The first-order valence-corrected chi connectivity index (χ1v) is 12.0. The highest BCUT2D eigenvalue weighted by Gasteiger charge is 2.27. The normalized spacial score (nSPS) is 16.6. The SMILES string of the molecule is Cn1c(-c2cc3ccccc3[nH]2)nc2cc(C(=O)N3CCC[C@@H](NC(=O)OC(C)(C)C)C3)ccc21. The summed E-state index contributed by atoms with van der Waals surface area (Å²) in [6.45, 7) is 6.62. The van der Waals surface area contributed by atoms with Crippen LogP contribution in [-0.2, 0) is 11.8 Å². The first kappa shape index (κ1) is 23.0. The maximum absolute atomic E-state index is 13.3. The van der Waals surface area contributed by atoms with Crippen molar-refractivity contribution in [3.8, 4) is 11.5 Å². The predicted octanol–water partition coefficient (Wildman–Crippen LogP) is 4.85. The Kier molecular flexibility index (Phi) is 5.75. The zero-order chi connectivity index (χ0) is 24.7. The minimum absolute atomic E-state index is 0.0552. The number of imidazole rings is 1. The number of aromatic nitrogens is 3. The summed E-state index contributed by atoms with van der Waals surface area (Å²) in [5.74, 6) is 0.765. The molecule has 2 N–H and O–H groups in total. The van der Waals surface area contributed by atoms with E-state index in [0.29, 0.717) is 18.7 Å². The van der Waals surface area contributed by atoms with E-state index in [9.17, 15) is 9.59 Å². The van der Waals surface area contributed by atoms with Crippen molar-refractivity contribution in [3.05, 3.63) is 54.1 Å². The number of amides is 2. The third kappa shape index (κ3) is 4.73. The number of carbonyl (C=O) groups excluding carboxylic acids is 2. The summed E-state index contributed by atoms with van der Waals surface area (Å²) in [6, 6.07) is 15.7. The summed E-state index contributed by atoms with van der Waals surface area (Å²) >= 11 is 0. The van der Waals surface area contributed by atoms with Gasteiger partial charge in [-0.3, -0.25) is 4.79 Å². The van der Waals surface area contributed by atoms with Crippen molar-refractivity contribution in [1.82, 2.24) is 24.8 Å². The lowest BCUT2D eigenvalue weighted by atomic mass is 10.0. The molecule has 2 aromatic carbocycles. The molecule has 1 fully saturated rings. The molecule has 0 saturated carbocycles. The topological polar surface area (TPSA) is 92.3 Å². The fourth-order valence-corrected chi connectivity index (χ4v) is 4.70. The van der Waals surface area contributed by atoms with Crippen molar-refractivity contribution >= 4 is 33.9 Å². The number of rotatable bonds is 3. The van der Waals surface area contributed by atoms with E-state index in [2.05, 4.69) is 22.4 Å². The molecule has 1 atom stereocenters. The van der Waals surface area contributed by atoms with Crippen molar-refractivity contribution in [2.75, 3.05) is 13.1 Å². The van der Waals surface area contributed by atoms with Crippen molar-refractivity contribution in [3.63, 3.8) is 0 Å². The van der Waals surface area contributed by atoms with Gasteiger partial charge in [0.05, 0.1) is 16.7 Å². The number of alkyl carbamates (subject to hydrolysis) is 1. The number of aromatic amines is 1. The molecule has 0 radical (unpaired) electrons. The van der Waals surface area contributed by atoms with Crippen LogP contribution in [0.3, 0.4) is 0 Å². The standard InChI is InChI=1S/C27H31N5O3/c1-27(2,3)35-26(34)28-19-9-7-13-32(16-19)25(33)18-11-12-23-21(15-18)30-24(31(23)4)22-14-17-8-5-6-10-20(17)29-22/h5-6,8,10-12,14-15,19,29H,7,9,13,16H2,1-4H3,(H,28,34)/t19-/m1/s1. The number of para-hydroxylation sites is 1. The Balaban J connectivity index is 1.35. The Hall–Kier alpha value is -3.81. The summed E-state index contributed by atoms with van der Waals surface area (Å²) in [6.07, 6.45) is 1.19. The number of likely N-dealkylation sites (tertiary alicyclic amines) is 1. The van der Waals surface area contributed by atoms with E-state index >= 15 is 0 Å². The maximum atomic E-state index is 13.3. The van der Waals surface area contributed by atoms with Gasteiger partial charge in [-0.05, 0) is 63.9 Å². The van der Waals surface area contributed by atoms with Crippen LogP contribution in [0, 0.1) is 0 Å². The fourth-order valence-electron chi connectivity index (χ4n) is 4.70. The predicted molar refractivity (Wildman–Crippen MR) is 136 cm³/mol. The van der Waals surface area contributed by atoms with Crippen LogP contribution in [0.5, 0.6) is 0 Å². The van der Waals surface area contributed by atoms with Gasteiger partial charge in [-0.25, -0.2) is 9.78 Å². The average Bonchev–Trinajstić information content (AvgIpc) is 3.38. The largest absolute Gasteiger partial charge is 0.444 e. The first-order valence-electron chi connectivity index (χ1n) is 12.0. The van der Waals surface area contributed by atoms with Gasteiger partial charge >= 0.3 is 6.09 Å². The summed E-state index contributed by atoms with van der Waals surface area (Å²) in [5, 5.41) is 4.04. The fraction of sp³-hybridized carbons (Fsp3) is 0.370. The van der Waals surface area contributed by atoms with Gasteiger partial charge in [0.2, 0.25) is 0 Å². The van der Waals surface area contributed by atoms with Crippen molar-refractivity contribution in [2.24, 2.45) is 7.05 Å². The molecule has 35 heavy (non-hydrogen) atoms. The number of nitrogens with one attached hydrogen (secondary N) is 2. The molecule has 8 heteroatoms. The molecule has 1 saturated heterocycles.